The molecule has 1 unspecified atom stereocenters. The molecule has 4 rings (SSSR count). The molecule has 0 saturated carbocycles. The van der Waals surface area contributed by atoms with Crippen LogP contribution in [-0.4, -0.2) is 31.6 Å². The summed E-state index contributed by atoms with van der Waals surface area (Å²) in [5.41, 5.74) is 3.03. The number of benzene rings is 2. The lowest BCUT2D eigenvalue weighted by Gasteiger charge is -2.46. The van der Waals surface area contributed by atoms with Crippen LogP contribution in [0.5, 0.6) is 0 Å². The molecule has 28 heavy (non-hydrogen) atoms. The second kappa shape index (κ2) is 7.30. The van der Waals surface area contributed by atoms with Crippen molar-refractivity contribution in [1.82, 2.24) is 4.31 Å². The molecule has 1 heterocycles. The highest BCUT2D eigenvalue weighted by Crippen LogP contribution is 2.45. The van der Waals surface area contributed by atoms with E-state index in [0.717, 1.165) is 17.6 Å². The van der Waals surface area contributed by atoms with Crippen LogP contribution in [0.4, 0.5) is 0 Å². The molecule has 0 spiro atoms. The van der Waals surface area contributed by atoms with Gasteiger partial charge in [-0.3, -0.25) is 4.79 Å². The number of allylic oxidation sites excluding steroid dienone is 1. The van der Waals surface area contributed by atoms with E-state index < -0.39 is 10.0 Å². The topological polar surface area (TPSA) is 54.5 Å². The van der Waals surface area contributed by atoms with E-state index in [9.17, 15) is 13.2 Å². The number of ketones is 1. The average molecular weight is 396 g/mol. The minimum absolute atomic E-state index is 0.161. The Labute approximate surface area is 166 Å². The van der Waals surface area contributed by atoms with Gasteiger partial charge in [-0.2, -0.15) is 4.31 Å². The Bertz CT molecular complexity index is 1010. The number of aryl methyl sites for hydroxylation is 1. The van der Waals surface area contributed by atoms with E-state index in [1.54, 1.807) is 22.5 Å². The number of sulfonamides is 1. The van der Waals surface area contributed by atoms with Crippen LogP contribution in [0.3, 0.4) is 0 Å². The highest BCUT2D eigenvalue weighted by atomic mass is 32.2. The number of piperidine rings is 1. The Morgan fingerprint density at radius 3 is 2.43 bits per heavy atom. The van der Waals surface area contributed by atoms with Crippen LogP contribution in [0.25, 0.3) is 0 Å². The Balaban J connectivity index is 1.69. The normalized spacial score (nSPS) is 23.2. The Morgan fingerprint density at radius 1 is 1.00 bits per heavy atom. The van der Waals surface area contributed by atoms with Crippen molar-refractivity contribution in [2.24, 2.45) is 5.41 Å². The van der Waals surface area contributed by atoms with Crippen LogP contribution < -0.4 is 0 Å². The van der Waals surface area contributed by atoms with Gasteiger partial charge in [0.25, 0.3) is 0 Å². The third-order valence-corrected chi connectivity index (χ3v) is 7.88. The number of hydrogen-bond donors (Lipinski definition) is 0. The van der Waals surface area contributed by atoms with E-state index in [1.807, 2.05) is 37.3 Å². The van der Waals surface area contributed by atoms with Gasteiger partial charge in [-0.05, 0) is 50.0 Å². The molecule has 2 aliphatic rings. The SMILES string of the molecule is Cc1ccc(S(=O)(=O)N2CCC3=CC(=O)CCC3(Cc3ccccc3)C2)cc1. The van der Waals surface area contributed by atoms with E-state index in [1.165, 1.54) is 5.56 Å². The van der Waals surface area contributed by atoms with E-state index in [-0.39, 0.29) is 11.2 Å². The molecule has 0 bridgehead atoms. The molecule has 1 saturated heterocycles. The molecule has 4 nitrogen and oxygen atoms in total. The first-order valence-electron chi connectivity index (χ1n) is 9.74. The summed E-state index contributed by atoms with van der Waals surface area (Å²) in [7, 11) is -3.55. The summed E-state index contributed by atoms with van der Waals surface area (Å²) >= 11 is 0. The predicted octanol–water partition coefficient (Wildman–Crippen LogP) is 3.91. The fourth-order valence-electron chi connectivity index (χ4n) is 4.43. The maximum Gasteiger partial charge on any atom is 0.243 e. The molecular weight excluding hydrogens is 370 g/mol. The summed E-state index contributed by atoms with van der Waals surface area (Å²) in [6.07, 6.45) is 4.33. The van der Waals surface area contributed by atoms with Crippen molar-refractivity contribution >= 4 is 15.8 Å². The summed E-state index contributed by atoms with van der Waals surface area (Å²) < 4.78 is 28.2. The molecule has 5 heteroatoms. The van der Waals surface area contributed by atoms with Crippen molar-refractivity contribution in [3.63, 3.8) is 0 Å². The fourth-order valence-corrected chi connectivity index (χ4v) is 5.96. The van der Waals surface area contributed by atoms with E-state index >= 15 is 0 Å². The molecule has 146 valence electrons. The Hall–Kier alpha value is -2.24. The monoisotopic (exact) mass is 395 g/mol. The summed E-state index contributed by atoms with van der Waals surface area (Å²) in [4.78, 5) is 12.4. The lowest BCUT2D eigenvalue weighted by molar-refractivity contribution is -0.116. The summed E-state index contributed by atoms with van der Waals surface area (Å²) in [5, 5.41) is 0. The number of carbonyl (C=O) groups excluding carboxylic acids is 1. The van der Waals surface area contributed by atoms with Crippen LogP contribution in [0.2, 0.25) is 0 Å². The smallest absolute Gasteiger partial charge is 0.243 e. The zero-order valence-electron chi connectivity index (χ0n) is 16.1. The highest BCUT2D eigenvalue weighted by molar-refractivity contribution is 7.89. The molecule has 0 amide bonds. The number of rotatable bonds is 4. The van der Waals surface area contributed by atoms with Gasteiger partial charge in [0.05, 0.1) is 4.90 Å². The largest absolute Gasteiger partial charge is 0.295 e. The Kier molecular flexibility index (Phi) is 4.98. The van der Waals surface area contributed by atoms with Gasteiger partial charge in [0.1, 0.15) is 0 Å². The average Bonchev–Trinajstić information content (AvgIpc) is 2.69. The van der Waals surface area contributed by atoms with Crippen molar-refractivity contribution in [1.29, 1.82) is 0 Å². The molecule has 1 aliphatic heterocycles. The summed E-state index contributed by atoms with van der Waals surface area (Å²) in [6, 6.07) is 17.2. The van der Waals surface area contributed by atoms with Crippen molar-refractivity contribution in [3.8, 4) is 0 Å². The molecule has 2 aromatic rings. The summed E-state index contributed by atoms with van der Waals surface area (Å²) in [5.74, 6) is 0.161. The van der Waals surface area contributed by atoms with Gasteiger partial charge in [0.15, 0.2) is 5.78 Å². The maximum absolute atomic E-state index is 13.3. The van der Waals surface area contributed by atoms with Gasteiger partial charge >= 0.3 is 0 Å². The van der Waals surface area contributed by atoms with E-state index in [0.29, 0.717) is 37.2 Å². The third kappa shape index (κ3) is 3.56. The van der Waals surface area contributed by atoms with Gasteiger partial charge in [0, 0.05) is 24.9 Å². The second-order valence-electron chi connectivity index (χ2n) is 7.98. The Morgan fingerprint density at radius 2 is 1.71 bits per heavy atom. The first-order chi connectivity index (χ1) is 13.4. The molecule has 1 atom stereocenters. The van der Waals surface area contributed by atoms with E-state index in [2.05, 4.69) is 12.1 Å². The molecule has 0 N–H and O–H groups in total. The fraction of sp³-hybridized carbons (Fsp3) is 0.348. The standard InChI is InChI=1S/C23H25NO3S/c1-18-7-9-22(10-8-18)28(26,27)24-14-12-20-15-21(25)11-13-23(20,17-24)16-19-5-3-2-4-6-19/h2-10,15H,11-14,16-17H2,1H3. The first-order valence-corrected chi connectivity index (χ1v) is 11.2. The van der Waals surface area contributed by atoms with Crippen LogP contribution in [-0.2, 0) is 21.2 Å². The zero-order valence-corrected chi connectivity index (χ0v) is 16.9. The lowest BCUT2D eigenvalue weighted by atomic mass is 9.66. The highest BCUT2D eigenvalue weighted by Gasteiger charge is 2.45. The first kappa shape index (κ1) is 19.1. The van der Waals surface area contributed by atoms with Gasteiger partial charge in [-0.15, -0.1) is 0 Å². The van der Waals surface area contributed by atoms with Crippen LogP contribution >= 0.6 is 0 Å². The zero-order chi connectivity index (χ0) is 19.8. The van der Waals surface area contributed by atoms with E-state index in [4.69, 9.17) is 0 Å². The predicted molar refractivity (Wildman–Crippen MR) is 109 cm³/mol. The molecule has 0 aromatic heterocycles. The quantitative estimate of drug-likeness (QED) is 0.789. The van der Waals surface area contributed by atoms with Crippen molar-refractivity contribution < 1.29 is 13.2 Å². The van der Waals surface area contributed by atoms with Crippen molar-refractivity contribution in [2.75, 3.05) is 13.1 Å². The van der Waals surface area contributed by atoms with Gasteiger partial charge in [-0.25, -0.2) is 8.42 Å². The molecule has 0 radical (unpaired) electrons. The van der Waals surface area contributed by atoms with Gasteiger partial charge in [0.2, 0.25) is 10.0 Å². The molecule has 1 aliphatic carbocycles. The lowest BCUT2D eigenvalue weighted by Crippen LogP contribution is -2.49. The van der Waals surface area contributed by atoms with Gasteiger partial charge in [-0.1, -0.05) is 53.6 Å². The summed E-state index contributed by atoms with van der Waals surface area (Å²) in [6.45, 7) is 2.80. The molecule has 2 aromatic carbocycles. The second-order valence-corrected chi connectivity index (χ2v) is 9.92. The minimum atomic E-state index is -3.55. The van der Waals surface area contributed by atoms with Crippen molar-refractivity contribution in [2.45, 2.75) is 37.5 Å². The number of hydrogen-bond acceptors (Lipinski definition) is 3. The van der Waals surface area contributed by atoms with Crippen LogP contribution in [0.1, 0.15) is 30.4 Å². The van der Waals surface area contributed by atoms with Crippen LogP contribution in [0.15, 0.2) is 71.1 Å². The van der Waals surface area contributed by atoms with Gasteiger partial charge < -0.3 is 0 Å². The van der Waals surface area contributed by atoms with Crippen LogP contribution in [0, 0.1) is 12.3 Å². The minimum Gasteiger partial charge on any atom is -0.295 e. The van der Waals surface area contributed by atoms with Crippen molar-refractivity contribution in [3.05, 3.63) is 77.4 Å². The number of carbonyl (C=O) groups is 1. The maximum atomic E-state index is 13.3. The molecular formula is C23H25NO3S. The number of fused-ring (bicyclic) bond motifs is 1. The molecule has 1 fully saturated rings. The number of nitrogens with zero attached hydrogens (tertiary/aromatic N) is 1. The third-order valence-electron chi connectivity index (χ3n) is 6.02.